The second-order valence-electron chi connectivity index (χ2n) is 6.87. The molecule has 0 unspecified atom stereocenters. The smallest absolute Gasteiger partial charge is 0.260 e. The van der Waals surface area contributed by atoms with E-state index in [1.54, 1.807) is 18.5 Å². The van der Waals surface area contributed by atoms with Crippen molar-refractivity contribution in [3.8, 4) is 0 Å². The number of likely N-dealkylation sites (N-methyl/N-ethyl adjacent to an activating group) is 1. The lowest BCUT2D eigenvalue weighted by Gasteiger charge is -2.33. The molecule has 2 amide bonds. The van der Waals surface area contributed by atoms with Gasteiger partial charge in [-0.1, -0.05) is 0 Å². The van der Waals surface area contributed by atoms with Gasteiger partial charge < -0.3 is 15.1 Å². The quantitative estimate of drug-likeness (QED) is 0.391. The molecule has 0 spiro atoms. The van der Waals surface area contributed by atoms with Crippen molar-refractivity contribution in [3.05, 3.63) is 57.4 Å². The van der Waals surface area contributed by atoms with E-state index in [9.17, 15) is 9.59 Å². The van der Waals surface area contributed by atoms with Crippen LogP contribution >= 0.6 is 22.6 Å². The number of carbonyl (C=O) groups excluding carboxylic acids is 2. The van der Waals surface area contributed by atoms with Crippen LogP contribution in [-0.4, -0.2) is 54.9 Å². The van der Waals surface area contributed by atoms with E-state index >= 15 is 0 Å². The average Bonchev–Trinajstić information content (AvgIpc) is 2.68. The van der Waals surface area contributed by atoms with E-state index < -0.39 is 5.91 Å². The third-order valence-electron chi connectivity index (χ3n) is 4.95. The Bertz CT molecular complexity index is 950. The number of halogens is 1. The molecule has 28 heavy (non-hydrogen) atoms. The molecule has 3 heterocycles. The molecule has 7 nitrogen and oxygen atoms in total. The van der Waals surface area contributed by atoms with E-state index in [0.717, 1.165) is 41.3 Å². The summed E-state index contributed by atoms with van der Waals surface area (Å²) in [6.45, 7) is 3.98. The molecular formula is C20H20IN5O2. The van der Waals surface area contributed by atoms with Gasteiger partial charge in [0.2, 0.25) is 0 Å². The molecule has 8 heteroatoms. The Morgan fingerprint density at radius 3 is 2.57 bits per heavy atom. The molecule has 0 saturated carbocycles. The number of hydrogen-bond donors (Lipinski definition) is 2. The second kappa shape index (κ2) is 7.88. The number of amides is 2. The highest BCUT2D eigenvalue weighted by Crippen LogP contribution is 2.26. The molecular weight excluding hydrogens is 469 g/mol. The number of aromatic nitrogens is 1. The van der Waals surface area contributed by atoms with Crippen LogP contribution in [0.4, 0.5) is 11.5 Å². The highest BCUT2D eigenvalue weighted by atomic mass is 127. The SMILES string of the molecule is CN1CCN(c2ccc(N/C=C3\C(=O)NC(=O)c4ccc(I)cc43)cn2)CC1. The molecule has 0 aliphatic carbocycles. The van der Waals surface area contributed by atoms with Gasteiger partial charge in [0.15, 0.2) is 0 Å². The standard InChI is InChI=1S/C20H20IN5O2/c1-25-6-8-26(9-7-25)18-5-3-14(11-23-18)22-12-17-16-10-13(21)2-4-15(16)19(27)24-20(17)28/h2-5,10-12,22H,6-9H2,1H3,(H,24,27,28)/b17-12-. The van der Waals surface area contributed by atoms with Crippen LogP contribution in [0.25, 0.3) is 5.57 Å². The van der Waals surface area contributed by atoms with Gasteiger partial charge in [-0.15, -0.1) is 0 Å². The summed E-state index contributed by atoms with van der Waals surface area (Å²) in [6.07, 6.45) is 3.38. The number of anilines is 2. The van der Waals surface area contributed by atoms with Gasteiger partial charge >= 0.3 is 0 Å². The predicted molar refractivity (Wildman–Crippen MR) is 117 cm³/mol. The molecule has 1 aromatic heterocycles. The van der Waals surface area contributed by atoms with E-state index in [1.807, 2.05) is 24.3 Å². The summed E-state index contributed by atoms with van der Waals surface area (Å²) < 4.78 is 0.961. The summed E-state index contributed by atoms with van der Waals surface area (Å²) in [4.78, 5) is 33.5. The van der Waals surface area contributed by atoms with Crippen molar-refractivity contribution in [3.63, 3.8) is 0 Å². The van der Waals surface area contributed by atoms with Crippen molar-refractivity contribution >= 4 is 51.5 Å². The van der Waals surface area contributed by atoms with E-state index in [4.69, 9.17) is 0 Å². The number of pyridine rings is 1. The monoisotopic (exact) mass is 489 g/mol. The van der Waals surface area contributed by atoms with Crippen LogP contribution in [-0.2, 0) is 4.79 Å². The van der Waals surface area contributed by atoms with Crippen molar-refractivity contribution in [2.24, 2.45) is 0 Å². The van der Waals surface area contributed by atoms with E-state index in [0.29, 0.717) is 16.7 Å². The number of hydrogen-bond acceptors (Lipinski definition) is 6. The van der Waals surface area contributed by atoms with Crippen molar-refractivity contribution in [2.45, 2.75) is 0 Å². The first-order valence-corrected chi connectivity index (χ1v) is 10.1. The fourth-order valence-electron chi connectivity index (χ4n) is 3.29. The molecule has 1 saturated heterocycles. The van der Waals surface area contributed by atoms with E-state index in [2.05, 4.69) is 55.1 Å². The number of fused-ring (bicyclic) bond motifs is 1. The van der Waals surface area contributed by atoms with Gasteiger partial charge in [-0.05, 0) is 60.0 Å². The average molecular weight is 489 g/mol. The lowest BCUT2D eigenvalue weighted by atomic mass is 9.96. The van der Waals surface area contributed by atoms with Crippen LogP contribution in [0, 0.1) is 3.57 Å². The first-order chi connectivity index (χ1) is 13.5. The predicted octanol–water partition coefficient (Wildman–Crippen LogP) is 2.16. The molecule has 1 fully saturated rings. The maximum absolute atomic E-state index is 12.3. The van der Waals surface area contributed by atoms with E-state index in [-0.39, 0.29) is 5.91 Å². The Kier molecular flexibility index (Phi) is 5.31. The summed E-state index contributed by atoms with van der Waals surface area (Å²) >= 11 is 2.17. The Morgan fingerprint density at radius 1 is 1.07 bits per heavy atom. The van der Waals surface area contributed by atoms with Gasteiger partial charge in [0, 0.05) is 47.1 Å². The third-order valence-corrected chi connectivity index (χ3v) is 5.62. The van der Waals surface area contributed by atoms with E-state index in [1.165, 1.54) is 0 Å². The minimum Gasteiger partial charge on any atom is -0.360 e. The van der Waals surface area contributed by atoms with Crippen molar-refractivity contribution in [1.82, 2.24) is 15.2 Å². The fourth-order valence-corrected chi connectivity index (χ4v) is 3.78. The number of carbonyl (C=O) groups is 2. The second-order valence-corrected chi connectivity index (χ2v) is 8.12. The molecule has 0 atom stereocenters. The summed E-state index contributed by atoms with van der Waals surface area (Å²) in [7, 11) is 2.12. The molecule has 2 aliphatic heterocycles. The molecule has 144 valence electrons. The van der Waals surface area contributed by atoms with Gasteiger partial charge in [0.05, 0.1) is 17.5 Å². The largest absolute Gasteiger partial charge is 0.360 e. The highest BCUT2D eigenvalue weighted by Gasteiger charge is 2.27. The molecule has 2 aliphatic rings. The lowest BCUT2D eigenvalue weighted by Crippen LogP contribution is -2.44. The number of nitrogens with one attached hydrogen (secondary N) is 2. The lowest BCUT2D eigenvalue weighted by molar-refractivity contribution is -0.114. The Labute approximate surface area is 176 Å². The molecule has 2 N–H and O–H groups in total. The minimum atomic E-state index is -0.408. The summed E-state index contributed by atoms with van der Waals surface area (Å²) in [6, 6.07) is 9.35. The Morgan fingerprint density at radius 2 is 1.86 bits per heavy atom. The van der Waals surface area contributed by atoms with Crippen LogP contribution in [0.15, 0.2) is 42.7 Å². The third kappa shape index (κ3) is 3.88. The number of nitrogens with zero attached hydrogens (tertiary/aromatic N) is 3. The maximum Gasteiger partial charge on any atom is 0.260 e. The van der Waals surface area contributed by atoms with Gasteiger partial charge in [-0.3, -0.25) is 14.9 Å². The van der Waals surface area contributed by atoms with Crippen molar-refractivity contribution < 1.29 is 9.59 Å². The first kappa shape index (κ1) is 18.9. The van der Waals surface area contributed by atoms with Crippen LogP contribution in [0.3, 0.4) is 0 Å². The van der Waals surface area contributed by atoms with Crippen LogP contribution in [0.5, 0.6) is 0 Å². The first-order valence-electron chi connectivity index (χ1n) is 9.03. The molecule has 0 radical (unpaired) electrons. The molecule has 1 aromatic carbocycles. The zero-order chi connectivity index (χ0) is 19.7. The van der Waals surface area contributed by atoms with Gasteiger partial charge in [0.1, 0.15) is 5.82 Å². The summed E-state index contributed by atoms with van der Waals surface area (Å²) in [5, 5.41) is 5.51. The van der Waals surface area contributed by atoms with Crippen molar-refractivity contribution in [1.29, 1.82) is 0 Å². The summed E-state index contributed by atoms with van der Waals surface area (Å²) in [5.41, 5.74) is 2.34. The number of imide groups is 1. The minimum absolute atomic E-state index is 0.369. The van der Waals surface area contributed by atoms with Gasteiger partial charge in [-0.2, -0.15) is 0 Å². The summed E-state index contributed by atoms with van der Waals surface area (Å²) in [5.74, 6) is 0.174. The van der Waals surface area contributed by atoms with Crippen LogP contribution < -0.4 is 15.5 Å². The van der Waals surface area contributed by atoms with Gasteiger partial charge in [-0.25, -0.2) is 4.98 Å². The Balaban J connectivity index is 1.53. The number of piperazine rings is 1. The molecule has 2 aromatic rings. The highest BCUT2D eigenvalue weighted by molar-refractivity contribution is 14.1. The maximum atomic E-state index is 12.3. The topological polar surface area (TPSA) is 77.6 Å². The fraction of sp³-hybridized carbons (Fsp3) is 0.250. The number of rotatable bonds is 3. The van der Waals surface area contributed by atoms with Crippen molar-refractivity contribution in [2.75, 3.05) is 43.4 Å². The number of benzene rings is 1. The normalized spacial score (nSPS) is 18.8. The zero-order valence-electron chi connectivity index (χ0n) is 15.4. The molecule has 0 bridgehead atoms. The van der Waals surface area contributed by atoms with Gasteiger partial charge in [0.25, 0.3) is 11.8 Å². The molecule has 4 rings (SSSR count). The van der Waals surface area contributed by atoms with Crippen LogP contribution in [0.1, 0.15) is 15.9 Å². The van der Waals surface area contributed by atoms with Crippen LogP contribution in [0.2, 0.25) is 0 Å². The zero-order valence-corrected chi connectivity index (χ0v) is 17.6. The Hall–Kier alpha value is -2.46.